The SMILES string of the molecule is COCCCN(CC(=O)N(CCc1ccc(OC)c(OC)c1)Cc1cccs1)C(=O)c1ccc(C)c([N+](=O)[O-])c1. The molecule has 0 radical (unpaired) electrons. The molecule has 2 amide bonds. The summed E-state index contributed by atoms with van der Waals surface area (Å²) in [6, 6.07) is 13.9. The zero-order valence-electron chi connectivity index (χ0n) is 23.3. The Morgan fingerprint density at radius 1 is 0.975 bits per heavy atom. The summed E-state index contributed by atoms with van der Waals surface area (Å²) < 4.78 is 15.9. The number of thiophene rings is 1. The van der Waals surface area contributed by atoms with Crippen LogP contribution in [0.3, 0.4) is 0 Å². The number of hydrogen-bond acceptors (Lipinski definition) is 8. The van der Waals surface area contributed by atoms with Gasteiger partial charge in [-0.1, -0.05) is 18.2 Å². The second kappa shape index (κ2) is 15.0. The molecule has 214 valence electrons. The monoisotopic (exact) mass is 569 g/mol. The minimum Gasteiger partial charge on any atom is -0.493 e. The number of ether oxygens (including phenoxy) is 3. The molecule has 0 saturated carbocycles. The lowest BCUT2D eigenvalue weighted by Gasteiger charge is -2.28. The summed E-state index contributed by atoms with van der Waals surface area (Å²) in [5.41, 5.74) is 1.46. The van der Waals surface area contributed by atoms with Crippen LogP contribution in [0.4, 0.5) is 5.69 Å². The number of amides is 2. The Balaban J connectivity index is 1.82. The maximum absolute atomic E-state index is 13.7. The first-order valence-corrected chi connectivity index (χ1v) is 13.7. The van der Waals surface area contributed by atoms with E-state index in [0.29, 0.717) is 49.6 Å². The van der Waals surface area contributed by atoms with E-state index >= 15 is 0 Å². The molecule has 3 rings (SSSR count). The molecule has 0 aliphatic carbocycles. The van der Waals surface area contributed by atoms with Crippen LogP contribution in [0.1, 0.15) is 32.8 Å². The molecule has 0 saturated heterocycles. The van der Waals surface area contributed by atoms with Crippen molar-refractivity contribution in [1.82, 2.24) is 9.80 Å². The Morgan fingerprint density at radius 2 is 1.75 bits per heavy atom. The van der Waals surface area contributed by atoms with Gasteiger partial charge in [0, 0.05) is 48.9 Å². The quantitative estimate of drug-likeness (QED) is 0.148. The van der Waals surface area contributed by atoms with Gasteiger partial charge in [-0.15, -0.1) is 11.3 Å². The van der Waals surface area contributed by atoms with Crippen molar-refractivity contribution in [3.05, 3.63) is 85.6 Å². The first-order chi connectivity index (χ1) is 19.3. The van der Waals surface area contributed by atoms with E-state index in [1.807, 2.05) is 35.7 Å². The molecule has 0 bridgehead atoms. The van der Waals surface area contributed by atoms with Crippen LogP contribution in [-0.2, 0) is 22.5 Å². The third kappa shape index (κ3) is 8.27. The highest BCUT2D eigenvalue weighted by molar-refractivity contribution is 7.09. The van der Waals surface area contributed by atoms with Crippen molar-refractivity contribution in [3.8, 4) is 11.5 Å². The van der Waals surface area contributed by atoms with E-state index in [1.54, 1.807) is 56.6 Å². The van der Waals surface area contributed by atoms with Crippen molar-refractivity contribution >= 4 is 28.8 Å². The van der Waals surface area contributed by atoms with Gasteiger partial charge in [-0.05, 0) is 55.0 Å². The van der Waals surface area contributed by atoms with E-state index < -0.39 is 10.8 Å². The summed E-state index contributed by atoms with van der Waals surface area (Å²) in [5.74, 6) is 0.572. The number of methoxy groups -OCH3 is 3. The first kappa shape index (κ1) is 30.6. The highest BCUT2D eigenvalue weighted by Gasteiger charge is 2.24. The Labute approximate surface area is 238 Å². The van der Waals surface area contributed by atoms with Crippen molar-refractivity contribution in [2.24, 2.45) is 0 Å². The van der Waals surface area contributed by atoms with Gasteiger partial charge >= 0.3 is 0 Å². The molecule has 3 aromatic rings. The van der Waals surface area contributed by atoms with Crippen molar-refractivity contribution < 1.29 is 28.7 Å². The number of rotatable bonds is 15. The Kier molecular flexibility index (Phi) is 11.5. The molecular weight excluding hydrogens is 534 g/mol. The molecule has 0 N–H and O–H groups in total. The van der Waals surface area contributed by atoms with E-state index in [4.69, 9.17) is 14.2 Å². The topological polar surface area (TPSA) is 111 Å². The smallest absolute Gasteiger partial charge is 0.273 e. The lowest BCUT2D eigenvalue weighted by atomic mass is 10.1. The van der Waals surface area contributed by atoms with Crippen molar-refractivity contribution in [1.29, 1.82) is 0 Å². The number of aryl methyl sites for hydroxylation is 1. The molecule has 1 aromatic heterocycles. The first-order valence-electron chi connectivity index (χ1n) is 12.8. The summed E-state index contributed by atoms with van der Waals surface area (Å²) in [7, 11) is 4.72. The standard InChI is InChI=1S/C29H35N3O7S/c1-21-8-10-23(18-25(21)32(35)36)29(34)31(13-6-15-37-2)20-28(33)30(19-24-7-5-16-40-24)14-12-22-9-11-26(38-3)27(17-22)39-4/h5,7-11,16-18H,6,12-15,19-20H2,1-4H3. The fourth-order valence-electron chi connectivity index (χ4n) is 4.22. The number of nitro benzene ring substituents is 1. The van der Waals surface area contributed by atoms with Gasteiger partial charge in [-0.3, -0.25) is 19.7 Å². The van der Waals surface area contributed by atoms with E-state index in [0.717, 1.165) is 10.4 Å². The van der Waals surface area contributed by atoms with Crippen LogP contribution in [0.15, 0.2) is 53.9 Å². The van der Waals surface area contributed by atoms with Gasteiger partial charge in [0.1, 0.15) is 6.54 Å². The van der Waals surface area contributed by atoms with Crippen LogP contribution in [-0.4, -0.2) is 74.1 Å². The van der Waals surface area contributed by atoms with E-state index in [-0.39, 0.29) is 30.2 Å². The molecule has 0 aliphatic heterocycles. The molecule has 0 aliphatic rings. The summed E-state index contributed by atoms with van der Waals surface area (Å²) in [5, 5.41) is 13.4. The highest BCUT2D eigenvalue weighted by atomic mass is 32.1. The average molecular weight is 570 g/mol. The Hall–Kier alpha value is -3.96. The molecule has 40 heavy (non-hydrogen) atoms. The van der Waals surface area contributed by atoms with Crippen LogP contribution < -0.4 is 9.47 Å². The van der Waals surface area contributed by atoms with Crippen molar-refractivity contribution in [2.45, 2.75) is 26.3 Å². The predicted octanol–water partition coefficient (Wildman–Crippen LogP) is 4.73. The molecule has 0 fully saturated rings. The van der Waals surface area contributed by atoms with Gasteiger partial charge < -0.3 is 24.0 Å². The summed E-state index contributed by atoms with van der Waals surface area (Å²) in [6.07, 6.45) is 1.08. The highest BCUT2D eigenvalue weighted by Crippen LogP contribution is 2.28. The van der Waals surface area contributed by atoms with Gasteiger partial charge in [0.15, 0.2) is 11.5 Å². The van der Waals surface area contributed by atoms with Crippen LogP contribution in [0.25, 0.3) is 0 Å². The lowest BCUT2D eigenvalue weighted by Crippen LogP contribution is -2.44. The minimum absolute atomic E-state index is 0.136. The number of nitrogens with zero attached hydrogens (tertiary/aromatic N) is 3. The number of benzene rings is 2. The van der Waals surface area contributed by atoms with Crippen LogP contribution >= 0.6 is 11.3 Å². The van der Waals surface area contributed by atoms with Gasteiger partial charge in [0.05, 0.1) is 25.7 Å². The average Bonchev–Trinajstić information content (AvgIpc) is 3.47. The maximum atomic E-state index is 13.7. The van der Waals surface area contributed by atoms with Gasteiger partial charge in [-0.2, -0.15) is 0 Å². The number of carbonyl (C=O) groups excluding carboxylic acids is 2. The number of hydrogen-bond donors (Lipinski definition) is 0. The Bertz CT molecular complexity index is 1300. The van der Waals surface area contributed by atoms with Gasteiger partial charge in [0.25, 0.3) is 11.6 Å². The Morgan fingerprint density at radius 3 is 2.40 bits per heavy atom. The lowest BCUT2D eigenvalue weighted by molar-refractivity contribution is -0.385. The largest absolute Gasteiger partial charge is 0.493 e. The fourth-order valence-corrected chi connectivity index (χ4v) is 4.94. The molecule has 10 nitrogen and oxygen atoms in total. The van der Waals surface area contributed by atoms with E-state index in [9.17, 15) is 19.7 Å². The third-order valence-corrected chi connectivity index (χ3v) is 7.30. The second-order valence-corrected chi connectivity index (χ2v) is 10.2. The molecule has 2 aromatic carbocycles. The fraction of sp³-hybridized carbons (Fsp3) is 0.379. The van der Waals surface area contributed by atoms with Gasteiger partial charge in [-0.25, -0.2) is 0 Å². The molecule has 0 spiro atoms. The molecular formula is C29H35N3O7S. The zero-order chi connectivity index (χ0) is 29.1. The second-order valence-electron chi connectivity index (χ2n) is 9.17. The molecule has 1 heterocycles. The van der Waals surface area contributed by atoms with E-state index in [2.05, 4.69) is 0 Å². The summed E-state index contributed by atoms with van der Waals surface area (Å²) >= 11 is 1.55. The third-order valence-electron chi connectivity index (χ3n) is 6.44. The normalized spacial score (nSPS) is 10.7. The van der Waals surface area contributed by atoms with Crippen LogP contribution in [0, 0.1) is 17.0 Å². The van der Waals surface area contributed by atoms with Crippen LogP contribution in [0.5, 0.6) is 11.5 Å². The number of nitro groups is 1. The summed E-state index contributed by atoms with van der Waals surface area (Å²) in [6.45, 7) is 2.95. The molecule has 0 atom stereocenters. The minimum atomic E-state index is -0.510. The molecule has 0 unspecified atom stereocenters. The number of carbonyl (C=O) groups is 2. The molecule has 11 heteroatoms. The maximum Gasteiger partial charge on any atom is 0.273 e. The van der Waals surface area contributed by atoms with E-state index in [1.165, 1.54) is 11.0 Å². The van der Waals surface area contributed by atoms with Gasteiger partial charge in [0.2, 0.25) is 5.91 Å². The van der Waals surface area contributed by atoms with Crippen molar-refractivity contribution in [2.75, 3.05) is 47.6 Å². The van der Waals surface area contributed by atoms with Crippen molar-refractivity contribution in [3.63, 3.8) is 0 Å². The predicted molar refractivity (Wildman–Crippen MR) is 153 cm³/mol. The van der Waals surface area contributed by atoms with Crippen LogP contribution in [0.2, 0.25) is 0 Å². The summed E-state index contributed by atoms with van der Waals surface area (Å²) in [4.78, 5) is 42.3. The zero-order valence-corrected chi connectivity index (χ0v) is 24.1.